The summed E-state index contributed by atoms with van der Waals surface area (Å²) < 4.78 is 0. The Morgan fingerprint density at radius 3 is 1.90 bits per heavy atom. The molecule has 0 bridgehead atoms. The van der Waals surface area contributed by atoms with Crippen molar-refractivity contribution in [2.45, 2.75) is 6.42 Å². The minimum absolute atomic E-state index is 0.340. The van der Waals surface area contributed by atoms with E-state index in [1.165, 1.54) is 0 Å². The highest BCUT2D eigenvalue weighted by atomic mass is 35.5. The molecule has 0 fully saturated rings. The largest absolute Gasteiger partial charge is 0.508 e. The second-order valence-electron chi connectivity index (χ2n) is 5.99. The van der Waals surface area contributed by atoms with Gasteiger partial charge in [-0.2, -0.15) is 0 Å². The van der Waals surface area contributed by atoms with Crippen LogP contribution in [0, 0.1) is 20.2 Å². The zero-order valence-corrected chi connectivity index (χ0v) is 16.0. The first-order valence-corrected chi connectivity index (χ1v) is 8.73. The van der Waals surface area contributed by atoms with Crippen LogP contribution in [0.3, 0.4) is 0 Å². The molecule has 0 spiro atoms. The molecule has 9 nitrogen and oxygen atoms in total. The molecule has 30 heavy (non-hydrogen) atoms. The summed E-state index contributed by atoms with van der Waals surface area (Å²) in [5.41, 5.74) is 0.333. The number of rotatable bonds is 5. The first kappa shape index (κ1) is 22.3. The van der Waals surface area contributed by atoms with Crippen molar-refractivity contribution in [3.8, 4) is 5.75 Å². The number of non-ortho nitro benzene ring substituents is 2. The number of hydrogen-bond acceptors (Lipinski definition) is 6. The van der Waals surface area contributed by atoms with Gasteiger partial charge in [-0.25, -0.2) is 4.79 Å². The van der Waals surface area contributed by atoms with Crippen molar-refractivity contribution < 1.29 is 24.9 Å². The van der Waals surface area contributed by atoms with E-state index in [0.717, 1.165) is 34.7 Å². The van der Waals surface area contributed by atoms with Gasteiger partial charge in [-0.1, -0.05) is 41.9 Å². The van der Waals surface area contributed by atoms with Crippen molar-refractivity contribution in [3.63, 3.8) is 0 Å². The Bertz CT molecular complexity index is 1010. The van der Waals surface area contributed by atoms with Crippen LogP contribution >= 0.6 is 11.6 Å². The lowest BCUT2D eigenvalue weighted by Gasteiger charge is -2.04. The van der Waals surface area contributed by atoms with Gasteiger partial charge in [0.1, 0.15) is 5.75 Å². The van der Waals surface area contributed by atoms with Crippen LogP contribution < -0.4 is 0 Å². The maximum Gasteiger partial charge on any atom is 0.336 e. The number of phenolic OH excluding ortho intramolecular Hbond substituents is 1. The van der Waals surface area contributed by atoms with Crippen LogP contribution in [0.1, 0.15) is 21.5 Å². The third kappa shape index (κ3) is 6.28. The molecule has 154 valence electrons. The highest BCUT2D eigenvalue weighted by Gasteiger charge is 2.19. The molecule has 3 aromatic carbocycles. The molecule has 0 unspecified atom stereocenters. The van der Waals surface area contributed by atoms with Crippen molar-refractivity contribution in [3.05, 3.63) is 109 Å². The van der Waals surface area contributed by atoms with Crippen molar-refractivity contribution in [1.82, 2.24) is 0 Å². The summed E-state index contributed by atoms with van der Waals surface area (Å²) in [4.78, 5) is 29.4. The molecule has 0 aromatic heterocycles. The van der Waals surface area contributed by atoms with Crippen molar-refractivity contribution in [2.24, 2.45) is 0 Å². The van der Waals surface area contributed by atoms with E-state index >= 15 is 0 Å². The van der Waals surface area contributed by atoms with Crippen LogP contribution in [0.5, 0.6) is 5.75 Å². The smallest absolute Gasteiger partial charge is 0.336 e. The van der Waals surface area contributed by atoms with Gasteiger partial charge in [0.05, 0.1) is 21.5 Å². The molecule has 0 amide bonds. The summed E-state index contributed by atoms with van der Waals surface area (Å²) >= 11 is 5.80. The number of aromatic hydroxyl groups is 1. The van der Waals surface area contributed by atoms with Gasteiger partial charge in [-0.3, -0.25) is 20.2 Å². The SMILES string of the molecule is O=C(O)c1cc([N+](=O)[O-])cc([N+](=O)[O-])c1.Oc1ccccc1Cc1ccc(Cl)cc1. The lowest BCUT2D eigenvalue weighted by atomic mass is 10.0. The fourth-order valence-corrected chi connectivity index (χ4v) is 2.54. The standard InChI is InChI=1S/C13H11ClO.C7H4N2O6/c14-12-7-5-10(6-8-12)9-11-3-1-2-4-13(11)15;10-7(11)4-1-5(8(12)13)3-6(2-4)9(14)15/h1-8,15H,9H2;1-3H,(H,10,11). The fourth-order valence-electron chi connectivity index (χ4n) is 2.41. The monoisotopic (exact) mass is 430 g/mol. The van der Waals surface area contributed by atoms with E-state index < -0.39 is 32.8 Å². The Balaban J connectivity index is 0.000000214. The average molecular weight is 431 g/mol. The van der Waals surface area contributed by atoms with Gasteiger partial charge >= 0.3 is 5.97 Å². The quantitative estimate of drug-likeness (QED) is 0.435. The summed E-state index contributed by atoms with van der Waals surface area (Å²) in [7, 11) is 0. The fraction of sp³-hybridized carbons (Fsp3) is 0.0500. The number of carboxylic acids is 1. The van der Waals surface area contributed by atoms with Gasteiger partial charge in [0.25, 0.3) is 11.4 Å². The number of nitro benzene ring substituents is 2. The van der Waals surface area contributed by atoms with Crippen LogP contribution in [0.15, 0.2) is 66.7 Å². The molecule has 3 rings (SSSR count). The molecule has 0 aliphatic heterocycles. The number of carboxylic acid groups (broad SMARTS) is 1. The number of hydrogen-bond donors (Lipinski definition) is 2. The Morgan fingerprint density at radius 1 is 0.900 bits per heavy atom. The number of aromatic carboxylic acids is 1. The topological polar surface area (TPSA) is 144 Å². The van der Waals surface area contributed by atoms with Gasteiger partial charge in [-0.15, -0.1) is 0 Å². The van der Waals surface area contributed by atoms with E-state index in [4.69, 9.17) is 16.7 Å². The Kier molecular flexibility index (Phi) is 7.43. The highest BCUT2D eigenvalue weighted by molar-refractivity contribution is 6.30. The molecule has 0 radical (unpaired) electrons. The third-order valence-electron chi connectivity index (χ3n) is 3.87. The van der Waals surface area contributed by atoms with Crippen molar-refractivity contribution >= 4 is 28.9 Å². The molecular formula is C20H15ClN2O7. The van der Waals surface area contributed by atoms with Gasteiger partial charge in [0, 0.05) is 23.6 Å². The number of halogens is 1. The zero-order chi connectivity index (χ0) is 22.3. The maximum absolute atomic E-state index is 10.5. The lowest BCUT2D eigenvalue weighted by molar-refractivity contribution is -0.394. The summed E-state index contributed by atoms with van der Waals surface area (Å²) in [5.74, 6) is -1.12. The van der Waals surface area contributed by atoms with E-state index in [-0.39, 0.29) is 0 Å². The Hall–Kier alpha value is -3.98. The van der Waals surface area contributed by atoms with Gasteiger partial charge in [-0.05, 0) is 29.3 Å². The first-order chi connectivity index (χ1) is 14.2. The summed E-state index contributed by atoms with van der Waals surface area (Å²) in [6.45, 7) is 0. The van der Waals surface area contributed by atoms with E-state index in [1.807, 2.05) is 42.5 Å². The van der Waals surface area contributed by atoms with E-state index in [2.05, 4.69) is 0 Å². The van der Waals surface area contributed by atoms with Crippen molar-refractivity contribution in [2.75, 3.05) is 0 Å². The van der Waals surface area contributed by atoms with Gasteiger partial charge < -0.3 is 10.2 Å². The average Bonchev–Trinajstić information content (AvgIpc) is 2.71. The molecule has 0 saturated carbocycles. The van der Waals surface area contributed by atoms with Crippen LogP contribution in [-0.4, -0.2) is 26.0 Å². The van der Waals surface area contributed by atoms with Crippen LogP contribution in [0.25, 0.3) is 0 Å². The van der Waals surface area contributed by atoms with E-state index in [1.54, 1.807) is 6.07 Å². The zero-order valence-electron chi connectivity index (χ0n) is 15.3. The Morgan fingerprint density at radius 2 is 1.43 bits per heavy atom. The third-order valence-corrected chi connectivity index (χ3v) is 4.12. The van der Waals surface area contributed by atoms with E-state index in [9.17, 15) is 30.1 Å². The molecule has 0 saturated heterocycles. The Labute approximate surface area is 175 Å². The van der Waals surface area contributed by atoms with Crippen LogP contribution in [0.2, 0.25) is 5.02 Å². The molecule has 3 aromatic rings. The minimum Gasteiger partial charge on any atom is -0.508 e. The van der Waals surface area contributed by atoms with Crippen LogP contribution in [-0.2, 0) is 6.42 Å². The molecular weight excluding hydrogens is 416 g/mol. The summed E-state index contributed by atoms with van der Waals surface area (Å²) in [6.07, 6.45) is 0.726. The number of benzene rings is 3. The minimum atomic E-state index is -1.46. The van der Waals surface area contributed by atoms with Gasteiger partial charge in [0.15, 0.2) is 0 Å². The van der Waals surface area contributed by atoms with E-state index in [0.29, 0.717) is 11.8 Å². The number of carbonyl (C=O) groups is 1. The maximum atomic E-state index is 10.5. The normalized spacial score (nSPS) is 9.90. The summed E-state index contributed by atoms with van der Waals surface area (Å²) in [5, 5.41) is 39.6. The molecule has 10 heteroatoms. The lowest BCUT2D eigenvalue weighted by Crippen LogP contribution is -2.00. The number of phenols is 1. The number of para-hydroxylation sites is 1. The summed E-state index contributed by atoms with van der Waals surface area (Å²) in [6, 6.07) is 17.2. The number of nitro groups is 2. The van der Waals surface area contributed by atoms with Crippen LogP contribution in [0.4, 0.5) is 11.4 Å². The molecule has 0 heterocycles. The molecule has 0 aliphatic rings. The predicted octanol–water partition coefficient (Wildman–Crippen LogP) is 4.84. The predicted molar refractivity (Wildman–Crippen MR) is 109 cm³/mol. The second kappa shape index (κ2) is 9.99. The molecule has 0 aliphatic carbocycles. The van der Waals surface area contributed by atoms with Gasteiger partial charge in [0.2, 0.25) is 0 Å². The first-order valence-electron chi connectivity index (χ1n) is 8.36. The molecule has 2 N–H and O–H groups in total. The highest BCUT2D eigenvalue weighted by Crippen LogP contribution is 2.22. The molecule has 0 atom stereocenters. The second-order valence-corrected chi connectivity index (χ2v) is 6.43. The number of nitrogens with zero attached hydrogens (tertiary/aromatic N) is 2. The van der Waals surface area contributed by atoms with Crippen molar-refractivity contribution in [1.29, 1.82) is 0 Å².